The highest BCUT2D eigenvalue weighted by molar-refractivity contribution is 6.21. The number of nitrogens with zero attached hydrogens (tertiary/aromatic N) is 1. The summed E-state index contributed by atoms with van der Waals surface area (Å²) in [5.74, 6) is -3.97. The van der Waals surface area contributed by atoms with Gasteiger partial charge < -0.3 is 76.0 Å². The summed E-state index contributed by atoms with van der Waals surface area (Å²) in [5, 5.41) is 85.8. The van der Waals surface area contributed by atoms with Gasteiger partial charge in [-0.05, 0) is 19.1 Å². The van der Waals surface area contributed by atoms with Crippen LogP contribution in [0, 0.1) is 6.92 Å². The van der Waals surface area contributed by atoms with Crippen LogP contribution < -0.4 is 11.5 Å². The summed E-state index contributed by atoms with van der Waals surface area (Å²) >= 11 is 0. The molecule has 12 N–H and O–H groups in total. The molecule has 2 aromatic rings. The minimum atomic E-state index is -2.25. The minimum Gasteiger partial charge on any atom is -0.394 e. The summed E-state index contributed by atoms with van der Waals surface area (Å²) in [4.78, 5) is 28.4. The third-order valence-electron chi connectivity index (χ3n) is 9.97. The highest BCUT2D eigenvalue weighted by Crippen LogP contribution is 2.43. The van der Waals surface area contributed by atoms with Crippen molar-refractivity contribution in [2.24, 2.45) is 11.5 Å². The fourth-order valence-corrected chi connectivity index (χ4v) is 7.09. The summed E-state index contributed by atoms with van der Waals surface area (Å²) < 4.78 is 30.0. The van der Waals surface area contributed by atoms with Gasteiger partial charge in [0.25, 0.3) is 11.8 Å². The van der Waals surface area contributed by atoms with Gasteiger partial charge in [0.2, 0.25) is 5.79 Å². The van der Waals surface area contributed by atoms with Crippen LogP contribution >= 0.6 is 0 Å². The van der Waals surface area contributed by atoms with Crippen molar-refractivity contribution in [3.63, 3.8) is 0 Å². The largest absolute Gasteiger partial charge is 0.394 e. The van der Waals surface area contributed by atoms with E-state index in [-0.39, 0.29) is 16.7 Å². The third-order valence-corrected chi connectivity index (χ3v) is 9.97. The maximum Gasteiger partial charge on any atom is 0.262 e. The van der Waals surface area contributed by atoms with Gasteiger partial charge in [0, 0.05) is 5.56 Å². The average Bonchev–Trinajstić information content (AvgIpc) is 3.38. The molecule has 15 atom stereocenters. The van der Waals surface area contributed by atoms with Gasteiger partial charge in [-0.2, -0.15) is 0 Å². The van der Waals surface area contributed by atoms with Gasteiger partial charge in [0.1, 0.15) is 61.0 Å². The first-order chi connectivity index (χ1) is 24.3. The van der Waals surface area contributed by atoms with Crippen LogP contribution in [-0.4, -0.2) is 163 Å². The average molecular weight is 722 g/mol. The molecule has 0 aromatic heterocycles. The lowest BCUT2D eigenvalue weighted by Gasteiger charge is -2.54. The molecule has 2 amide bonds. The number of aryl methyl sites for hydroxylation is 1. The molecule has 0 radical (unpaired) electrons. The summed E-state index contributed by atoms with van der Waals surface area (Å²) in [6.07, 6.45) is -18.4. The second-order valence-corrected chi connectivity index (χ2v) is 13.1. The quantitative estimate of drug-likeness (QED) is 0.109. The van der Waals surface area contributed by atoms with Crippen LogP contribution in [0.5, 0.6) is 0 Å². The zero-order valence-electron chi connectivity index (χ0n) is 27.4. The highest BCUT2D eigenvalue weighted by atomic mass is 16.8. The van der Waals surface area contributed by atoms with Crippen molar-refractivity contribution in [3.8, 4) is 0 Å². The van der Waals surface area contributed by atoms with Crippen molar-refractivity contribution in [1.82, 2.24) is 4.90 Å². The molecule has 2 aromatic carbocycles. The Balaban J connectivity index is 1.44. The van der Waals surface area contributed by atoms with Crippen LogP contribution in [0.4, 0.5) is 0 Å². The van der Waals surface area contributed by atoms with Crippen molar-refractivity contribution in [3.05, 3.63) is 70.8 Å². The van der Waals surface area contributed by atoms with Crippen molar-refractivity contribution in [2.45, 2.75) is 98.4 Å². The van der Waals surface area contributed by atoms with Crippen LogP contribution in [0.2, 0.25) is 0 Å². The smallest absolute Gasteiger partial charge is 0.262 e. The van der Waals surface area contributed by atoms with E-state index >= 15 is 0 Å². The SMILES string of the molecule is Cc1ccc([C@@]2(OC3[C@@H](CO)O[C@@H](OC4[C@@H](CO)O[C@@H](O)[C@H](N)[C@H]4O)[C@H](N4C(=O)c5ccccc5C4=O)[C@H]3O)O[C@H](CO)[C@@H](O)[C@H](O)[C@H]2N)cc1. The standard InChI is InChI=1S/C33H43N3O15/c1-13-6-8-14(9-7-13)33(28(35)25(43)22(40)17(10-37)50-33)51-27-19(12-39)48-32(49-26-18(11-38)47-31(46)20(34)23(26)41)21(24(27)42)36-29(44)15-4-2-3-5-16(15)30(36)45/h2-9,17-28,31-32,37-43,46H,10-12,34-35H2,1H3/t17-,18-,19-,20-,21-,22-,23-,24-,25+,26?,27?,28-,31-,32+,33+/m1/s1. The second kappa shape index (κ2) is 14.8. The van der Waals surface area contributed by atoms with E-state index in [1.54, 1.807) is 31.2 Å². The maximum absolute atomic E-state index is 13.8. The number of carbonyl (C=O) groups excluding carboxylic acids is 2. The van der Waals surface area contributed by atoms with E-state index in [1.165, 1.54) is 24.3 Å². The van der Waals surface area contributed by atoms with E-state index < -0.39 is 123 Å². The van der Waals surface area contributed by atoms with Crippen molar-refractivity contribution >= 4 is 11.8 Å². The Hall–Kier alpha value is -3.02. The van der Waals surface area contributed by atoms with E-state index in [9.17, 15) is 50.4 Å². The summed E-state index contributed by atoms with van der Waals surface area (Å²) in [6.45, 7) is -0.681. The van der Waals surface area contributed by atoms with Gasteiger partial charge in [0.15, 0.2) is 12.6 Å². The number of aliphatic hydroxyl groups excluding tert-OH is 8. The summed E-state index contributed by atoms with van der Waals surface area (Å²) in [7, 11) is 0. The molecule has 3 fully saturated rings. The van der Waals surface area contributed by atoms with Gasteiger partial charge in [-0.1, -0.05) is 42.0 Å². The number of amides is 2. The Kier molecular flexibility index (Phi) is 10.9. The van der Waals surface area contributed by atoms with E-state index in [2.05, 4.69) is 0 Å². The van der Waals surface area contributed by atoms with E-state index in [4.69, 9.17) is 35.2 Å². The molecule has 4 aliphatic heterocycles. The molecule has 4 aliphatic rings. The van der Waals surface area contributed by atoms with Crippen molar-refractivity contribution in [2.75, 3.05) is 19.8 Å². The Labute approximate surface area is 291 Å². The van der Waals surface area contributed by atoms with Gasteiger partial charge >= 0.3 is 0 Å². The summed E-state index contributed by atoms with van der Waals surface area (Å²) in [6, 6.07) is 7.45. The van der Waals surface area contributed by atoms with Crippen LogP contribution in [0.15, 0.2) is 48.5 Å². The molecule has 6 rings (SSSR count). The van der Waals surface area contributed by atoms with Crippen molar-refractivity contribution in [1.29, 1.82) is 0 Å². The molecule has 2 unspecified atom stereocenters. The number of fused-ring (bicyclic) bond motifs is 1. The van der Waals surface area contributed by atoms with Crippen molar-refractivity contribution < 1.29 is 74.1 Å². The summed E-state index contributed by atoms with van der Waals surface area (Å²) in [5.41, 5.74) is 13.4. The lowest BCUT2D eigenvalue weighted by Crippen LogP contribution is -2.72. The number of ether oxygens (including phenoxy) is 5. The number of hydrogen-bond donors (Lipinski definition) is 10. The molecule has 4 heterocycles. The Morgan fingerprint density at radius 1 is 0.745 bits per heavy atom. The number of carbonyl (C=O) groups is 2. The predicted octanol–water partition coefficient (Wildman–Crippen LogP) is -4.50. The molecule has 280 valence electrons. The Morgan fingerprint density at radius 3 is 1.88 bits per heavy atom. The first-order valence-corrected chi connectivity index (χ1v) is 16.4. The maximum atomic E-state index is 13.8. The molecule has 0 bridgehead atoms. The zero-order chi connectivity index (χ0) is 36.9. The van der Waals surface area contributed by atoms with Gasteiger partial charge in [-0.3, -0.25) is 14.5 Å². The molecule has 51 heavy (non-hydrogen) atoms. The first-order valence-electron chi connectivity index (χ1n) is 16.4. The van der Waals surface area contributed by atoms with Crippen LogP contribution in [0.1, 0.15) is 31.8 Å². The fraction of sp³-hybridized carbons (Fsp3) is 0.576. The highest BCUT2D eigenvalue weighted by Gasteiger charge is 2.61. The minimum absolute atomic E-state index is 0.00808. The van der Waals surface area contributed by atoms with E-state index in [0.29, 0.717) is 4.90 Å². The number of imide groups is 1. The topological polar surface area (TPSA) is 297 Å². The number of aliphatic hydroxyl groups is 8. The molecular weight excluding hydrogens is 678 g/mol. The van der Waals surface area contributed by atoms with Crippen LogP contribution in [-0.2, 0) is 29.5 Å². The van der Waals surface area contributed by atoms with Gasteiger partial charge in [-0.25, -0.2) is 0 Å². The fourth-order valence-electron chi connectivity index (χ4n) is 7.09. The van der Waals surface area contributed by atoms with E-state index in [1.807, 2.05) is 0 Å². The lowest BCUT2D eigenvalue weighted by atomic mass is 9.85. The number of nitrogens with two attached hydrogens (primary N) is 2. The monoisotopic (exact) mass is 721 g/mol. The predicted molar refractivity (Wildman–Crippen MR) is 169 cm³/mol. The molecule has 3 saturated heterocycles. The third kappa shape index (κ3) is 6.39. The molecule has 0 aliphatic carbocycles. The van der Waals surface area contributed by atoms with E-state index in [0.717, 1.165) is 5.56 Å². The van der Waals surface area contributed by atoms with Crippen LogP contribution in [0.3, 0.4) is 0 Å². The van der Waals surface area contributed by atoms with Crippen LogP contribution in [0.25, 0.3) is 0 Å². The first kappa shape index (κ1) is 37.7. The Bertz CT molecular complexity index is 1530. The van der Waals surface area contributed by atoms with Gasteiger partial charge in [-0.15, -0.1) is 0 Å². The molecule has 0 saturated carbocycles. The molecular formula is C33H43N3O15. The zero-order valence-corrected chi connectivity index (χ0v) is 27.4. The second-order valence-electron chi connectivity index (χ2n) is 13.1. The number of rotatable bonds is 9. The lowest BCUT2D eigenvalue weighted by molar-refractivity contribution is -0.391. The molecule has 18 nitrogen and oxygen atoms in total. The van der Waals surface area contributed by atoms with Gasteiger partial charge in [0.05, 0.1) is 43.0 Å². The number of hydrogen-bond acceptors (Lipinski definition) is 17. The number of benzene rings is 2. The molecule has 18 heteroatoms. The normalized spacial score (nSPS) is 41.5. The molecule has 0 spiro atoms. The Morgan fingerprint density at radius 2 is 1.31 bits per heavy atom.